The number of carbonyl (C=O) groups excluding carboxylic acids is 1. The molecule has 1 rings (SSSR count). The molecule has 2 nitrogen and oxygen atoms in total. The van der Waals surface area contributed by atoms with Gasteiger partial charge < -0.3 is 5.32 Å². The first-order valence-corrected chi connectivity index (χ1v) is 6.44. The van der Waals surface area contributed by atoms with E-state index >= 15 is 0 Å². The van der Waals surface area contributed by atoms with Crippen LogP contribution in [0.4, 0.5) is 5.69 Å². The van der Waals surface area contributed by atoms with Crippen molar-refractivity contribution < 1.29 is 4.79 Å². The molecule has 0 radical (unpaired) electrons. The van der Waals surface area contributed by atoms with Crippen LogP contribution in [0.15, 0.2) is 12.1 Å². The van der Waals surface area contributed by atoms with Crippen LogP contribution >= 0.6 is 34.2 Å². The summed E-state index contributed by atoms with van der Waals surface area (Å²) in [6.07, 6.45) is 0. The third-order valence-corrected chi connectivity index (χ3v) is 3.72. The number of hydrogen-bond donors (Lipinski definition) is 1. The molecule has 1 aromatic rings. The Kier molecular flexibility index (Phi) is 4.23. The van der Waals surface area contributed by atoms with Crippen LogP contribution < -0.4 is 5.32 Å². The molecule has 0 bridgehead atoms. The lowest BCUT2D eigenvalue weighted by Crippen LogP contribution is -2.27. The van der Waals surface area contributed by atoms with E-state index in [1.54, 1.807) is 6.07 Å². The predicted octanol–water partition coefficient (Wildman–Crippen LogP) is 4.24. The van der Waals surface area contributed by atoms with Gasteiger partial charge in [0.15, 0.2) is 0 Å². The molecule has 0 saturated heterocycles. The van der Waals surface area contributed by atoms with Crippen molar-refractivity contribution in [3.63, 3.8) is 0 Å². The van der Waals surface area contributed by atoms with Gasteiger partial charge >= 0.3 is 0 Å². The third-order valence-electron chi connectivity index (χ3n) is 2.20. The number of amides is 1. The first kappa shape index (κ1) is 13.8. The first-order chi connectivity index (χ1) is 7.21. The highest BCUT2D eigenvalue weighted by Crippen LogP contribution is 2.27. The summed E-state index contributed by atoms with van der Waals surface area (Å²) in [5.41, 5.74) is 1.40. The number of halogens is 2. The van der Waals surface area contributed by atoms with Crippen LogP contribution in [0.25, 0.3) is 0 Å². The van der Waals surface area contributed by atoms with Crippen LogP contribution in [0, 0.1) is 15.9 Å². The molecule has 0 aliphatic carbocycles. The smallest absolute Gasteiger partial charge is 0.229 e. The number of anilines is 1. The first-order valence-electron chi connectivity index (χ1n) is 4.99. The van der Waals surface area contributed by atoms with Crippen molar-refractivity contribution in [3.05, 3.63) is 26.3 Å². The van der Waals surface area contributed by atoms with Crippen LogP contribution in [0.1, 0.15) is 26.3 Å². The van der Waals surface area contributed by atoms with Crippen molar-refractivity contribution in [1.82, 2.24) is 0 Å². The number of nitrogens with one attached hydrogen (secondary N) is 1. The summed E-state index contributed by atoms with van der Waals surface area (Å²) in [6, 6.07) is 3.75. The predicted molar refractivity (Wildman–Crippen MR) is 77.0 cm³/mol. The molecular formula is C12H15ClINO. The van der Waals surface area contributed by atoms with Gasteiger partial charge in [-0.2, -0.15) is 0 Å². The largest absolute Gasteiger partial charge is 0.325 e. The Balaban J connectivity index is 2.99. The molecule has 0 aromatic heterocycles. The van der Waals surface area contributed by atoms with Gasteiger partial charge in [-0.25, -0.2) is 0 Å². The lowest BCUT2D eigenvalue weighted by atomic mass is 9.95. The molecule has 0 unspecified atom stereocenters. The normalized spacial score (nSPS) is 11.4. The molecule has 4 heteroatoms. The molecule has 1 aromatic carbocycles. The van der Waals surface area contributed by atoms with E-state index in [1.165, 1.54) is 0 Å². The minimum absolute atomic E-state index is 0.00660. The average Bonchev–Trinajstić information content (AvgIpc) is 2.12. The van der Waals surface area contributed by atoms with Crippen LogP contribution in [-0.2, 0) is 4.79 Å². The summed E-state index contributed by atoms with van der Waals surface area (Å²) in [4.78, 5) is 11.8. The molecule has 0 aliphatic heterocycles. The van der Waals surface area contributed by atoms with E-state index in [-0.39, 0.29) is 5.91 Å². The third kappa shape index (κ3) is 3.35. The SMILES string of the molecule is Cc1cc(I)c(Cl)cc1NC(=O)C(C)(C)C. The second-order valence-electron chi connectivity index (χ2n) is 4.79. The number of hydrogen-bond acceptors (Lipinski definition) is 1. The van der Waals surface area contributed by atoms with Gasteiger partial charge in [0.25, 0.3) is 0 Å². The lowest BCUT2D eigenvalue weighted by Gasteiger charge is -2.19. The molecule has 16 heavy (non-hydrogen) atoms. The van der Waals surface area contributed by atoms with E-state index in [0.717, 1.165) is 14.8 Å². The van der Waals surface area contributed by atoms with Crippen molar-refractivity contribution in [3.8, 4) is 0 Å². The molecular weight excluding hydrogens is 336 g/mol. The maximum Gasteiger partial charge on any atom is 0.229 e. The molecule has 0 heterocycles. The number of benzene rings is 1. The van der Waals surface area contributed by atoms with E-state index in [9.17, 15) is 4.79 Å². The van der Waals surface area contributed by atoms with Gasteiger partial charge in [0.1, 0.15) is 0 Å². The Morgan fingerprint density at radius 2 is 1.94 bits per heavy atom. The molecule has 0 aliphatic rings. The van der Waals surface area contributed by atoms with Crippen LogP contribution in [0.2, 0.25) is 5.02 Å². The zero-order valence-electron chi connectivity index (χ0n) is 9.82. The fraction of sp³-hybridized carbons (Fsp3) is 0.417. The summed E-state index contributed by atoms with van der Waals surface area (Å²) < 4.78 is 0.991. The quantitative estimate of drug-likeness (QED) is 0.754. The Morgan fingerprint density at radius 1 is 1.38 bits per heavy atom. The highest BCUT2D eigenvalue weighted by Gasteiger charge is 2.21. The summed E-state index contributed by atoms with van der Waals surface area (Å²) in [7, 11) is 0. The van der Waals surface area contributed by atoms with Gasteiger partial charge in [0.05, 0.1) is 5.02 Å². The molecule has 88 valence electrons. The maximum atomic E-state index is 11.8. The monoisotopic (exact) mass is 351 g/mol. The van der Waals surface area contributed by atoms with Gasteiger partial charge in [-0.05, 0) is 47.2 Å². The van der Waals surface area contributed by atoms with E-state index < -0.39 is 5.41 Å². The Labute approximate surface area is 115 Å². The number of carbonyl (C=O) groups is 1. The van der Waals surface area contributed by atoms with E-state index in [2.05, 4.69) is 27.9 Å². The van der Waals surface area contributed by atoms with Gasteiger partial charge in [0.2, 0.25) is 5.91 Å². The van der Waals surface area contributed by atoms with Gasteiger partial charge in [-0.3, -0.25) is 4.79 Å². The number of rotatable bonds is 1. The molecule has 1 amide bonds. The van der Waals surface area contributed by atoms with Crippen molar-refractivity contribution in [2.75, 3.05) is 5.32 Å². The van der Waals surface area contributed by atoms with Crippen LogP contribution in [0.3, 0.4) is 0 Å². The highest BCUT2D eigenvalue weighted by atomic mass is 127. The van der Waals surface area contributed by atoms with Crippen molar-refractivity contribution >= 4 is 45.8 Å². The minimum atomic E-state index is -0.401. The minimum Gasteiger partial charge on any atom is -0.325 e. The fourth-order valence-electron chi connectivity index (χ4n) is 1.09. The average molecular weight is 352 g/mol. The van der Waals surface area contributed by atoms with E-state index in [1.807, 2.05) is 33.8 Å². The van der Waals surface area contributed by atoms with Crippen molar-refractivity contribution in [1.29, 1.82) is 0 Å². The summed E-state index contributed by atoms with van der Waals surface area (Å²) in [6.45, 7) is 7.60. The summed E-state index contributed by atoms with van der Waals surface area (Å²) >= 11 is 8.20. The highest BCUT2D eigenvalue weighted by molar-refractivity contribution is 14.1. The van der Waals surface area contributed by atoms with Crippen LogP contribution in [0.5, 0.6) is 0 Å². The second kappa shape index (κ2) is 4.92. The van der Waals surface area contributed by atoms with Gasteiger partial charge in [-0.15, -0.1) is 0 Å². The van der Waals surface area contributed by atoms with E-state index in [0.29, 0.717) is 5.02 Å². The van der Waals surface area contributed by atoms with Crippen molar-refractivity contribution in [2.45, 2.75) is 27.7 Å². The Morgan fingerprint density at radius 3 is 2.44 bits per heavy atom. The maximum absolute atomic E-state index is 11.8. The topological polar surface area (TPSA) is 29.1 Å². The van der Waals surface area contributed by atoms with Gasteiger partial charge in [-0.1, -0.05) is 32.4 Å². The standard InChI is InChI=1S/C12H15ClINO/c1-7-5-9(14)8(13)6-10(7)15-11(16)12(2,3)4/h5-6H,1-4H3,(H,15,16). The lowest BCUT2D eigenvalue weighted by molar-refractivity contribution is -0.123. The molecule has 0 spiro atoms. The van der Waals surface area contributed by atoms with E-state index in [4.69, 9.17) is 11.6 Å². The molecule has 0 saturated carbocycles. The van der Waals surface area contributed by atoms with Crippen LogP contribution in [-0.4, -0.2) is 5.91 Å². The zero-order valence-corrected chi connectivity index (χ0v) is 12.7. The zero-order chi connectivity index (χ0) is 12.5. The molecule has 0 fully saturated rings. The Bertz CT molecular complexity index is 424. The number of aryl methyl sites for hydroxylation is 1. The summed E-state index contributed by atoms with van der Waals surface area (Å²) in [5.74, 6) is -0.00660. The Hall–Kier alpha value is -0.290. The summed E-state index contributed by atoms with van der Waals surface area (Å²) in [5, 5.41) is 3.55. The van der Waals surface area contributed by atoms with Crippen molar-refractivity contribution in [2.24, 2.45) is 5.41 Å². The molecule has 0 atom stereocenters. The fourth-order valence-corrected chi connectivity index (χ4v) is 1.88. The second-order valence-corrected chi connectivity index (χ2v) is 6.35. The molecule has 1 N–H and O–H groups in total. The van der Waals surface area contributed by atoms with Gasteiger partial charge in [0, 0.05) is 14.7 Å².